The first-order valence-electron chi connectivity index (χ1n) is 7.87. The van der Waals surface area contributed by atoms with Gasteiger partial charge in [-0.05, 0) is 48.7 Å². The normalized spacial score (nSPS) is 13.8. The number of thiophene rings is 1. The molecular formula is C17H15N3O3S3. The van der Waals surface area contributed by atoms with Gasteiger partial charge < -0.3 is 4.90 Å². The van der Waals surface area contributed by atoms with E-state index in [1.807, 2.05) is 17.5 Å². The Balaban J connectivity index is 1.62. The van der Waals surface area contributed by atoms with Crippen LogP contribution in [0.3, 0.4) is 0 Å². The monoisotopic (exact) mass is 405 g/mol. The molecule has 0 bridgehead atoms. The first-order chi connectivity index (χ1) is 12.5. The molecule has 0 radical (unpaired) electrons. The number of rotatable bonds is 4. The predicted molar refractivity (Wildman–Crippen MR) is 103 cm³/mol. The maximum atomic E-state index is 12.9. The van der Waals surface area contributed by atoms with Gasteiger partial charge in [0, 0.05) is 12.2 Å². The fourth-order valence-corrected chi connectivity index (χ4v) is 5.34. The predicted octanol–water partition coefficient (Wildman–Crippen LogP) is 2.98. The molecule has 4 rings (SSSR count). The molecule has 134 valence electrons. The first kappa shape index (κ1) is 17.3. The highest BCUT2D eigenvalue weighted by molar-refractivity contribution is 7.89. The van der Waals surface area contributed by atoms with Crippen LogP contribution in [0.2, 0.25) is 0 Å². The minimum absolute atomic E-state index is 0.103. The Labute approximate surface area is 159 Å². The fraction of sp³-hybridized carbons (Fsp3) is 0.176. The molecular weight excluding hydrogens is 390 g/mol. The second kappa shape index (κ2) is 6.58. The van der Waals surface area contributed by atoms with Crippen LogP contribution >= 0.6 is 22.7 Å². The van der Waals surface area contributed by atoms with Crippen LogP contribution in [0.5, 0.6) is 0 Å². The molecule has 0 saturated heterocycles. The molecule has 6 nitrogen and oxygen atoms in total. The van der Waals surface area contributed by atoms with Crippen molar-refractivity contribution in [2.24, 2.45) is 0 Å². The van der Waals surface area contributed by atoms with Gasteiger partial charge in [-0.25, -0.2) is 18.1 Å². The van der Waals surface area contributed by atoms with E-state index < -0.39 is 10.0 Å². The van der Waals surface area contributed by atoms with Crippen LogP contribution in [0.4, 0.5) is 5.69 Å². The first-order valence-corrected chi connectivity index (χ1v) is 11.1. The van der Waals surface area contributed by atoms with E-state index >= 15 is 0 Å². The molecule has 0 aliphatic carbocycles. The minimum atomic E-state index is -3.49. The number of aromatic nitrogens is 1. The van der Waals surface area contributed by atoms with E-state index in [1.165, 1.54) is 24.5 Å². The zero-order valence-electron chi connectivity index (χ0n) is 13.8. The molecule has 2 aromatic heterocycles. The topological polar surface area (TPSA) is 79.4 Å². The molecule has 0 spiro atoms. The molecule has 0 atom stereocenters. The molecule has 26 heavy (non-hydrogen) atoms. The van der Waals surface area contributed by atoms with Crippen LogP contribution in [-0.4, -0.2) is 32.9 Å². The Hall–Kier alpha value is -2.07. The standard InChI is InChI=1S/C17H15N3O3S3/c1-18-26(22,23)12-4-5-13-11(9-12)6-7-20(13)17(21)15-10-19-16(25-15)14-3-2-8-24-14/h2-5,8-10,18H,6-7H2,1H3. The Morgan fingerprint density at radius 1 is 1.31 bits per heavy atom. The summed E-state index contributed by atoms with van der Waals surface area (Å²) in [6.07, 6.45) is 2.24. The quantitative estimate of drug-likeness (QED) is 0.724. The van der Waals surface area contributed by atoms with E-state index in [1.54, 1.807) is 34.6 Å². The number of amides is 1. The van der Waals surface area contributed by atoms with Crippen LogP contribution in [0, 0.1) is 0 Å². The molecule has 0 saturated carbocycles. The smallest absolute Gasteiger partial charge is 0.270 e. The lowest BCUT2D eigenvalue weighted by molar-refractivity contribution is 0.0993. The molecule has 1 aromatic carbocycles. The third-order valence-electron chi connectivity index (χ3n) is 4.22. The summed E-state index contributed by atoms with van der Waals surface area (Å²) in [6.45, 7) is 0.531. The second-order valence-corrected chi connectivity index (χ2v) is 9.58. The molecule has 0 fully saturated rings. The zero-order valence-corrected chi connectivity index (χ0v) is 16.2. The maximum Gasteiger partial charge on any atom is 0.270 e. The van der Waals surface area contributed by atoms with Crippen LogP contribution in [0.15, 0.2) is 46.8 Å². The van der Waals surface area contributed by atoms with E-state index in [4.69, 9.17) is 0 Å². The molecule has 9 heteroatoms. The van der Waals surface area contributed by atoms with Crippen LogP contribution in [0.1, 0.15) is 15.2 Å². The lowest BCUT2D eigenvalue weighted by Crippen LogP contribution is -2.28. The van der Waals surface area contributed by atoms with Gasteiger partial charge in [0.15, 0.2) is 0 Å². The second-order valence-electron chi connectivity index (χ2n) is 5.71. The number of fused-ring (bicyclic) bond motifs is 1. The van der Waals surface area contributed by atoms with Gasteiger partial charge in [-0.3, -0.25) is 4.79 Å². The van der Waals surface area contributed by atoms with E-state index in [2.05, 4.69) is 9.71 Å². The molecule has 1 N–H and O–H groups in total. The lowest BCUT2D eigenvalue weighted by atomic mass is 10.2. The zero-order chi connectivity index (χ0) is 18.3. The van der Waals surface area contributed by atoms with Crippen molar-refractivity contribution in [3.05, 3.63) is 52.3 Å². The van der Waals surface area contributed by atoms with Crippen molar-refractivity contribution in [3.63, 3.8) is 0 Å². The van der Waals surface area contributed by atoms with Crippen molar-refractivity contribution in [3.8, 4) is 9.88 Å². The Morgan fingerprint density at radius 2 is 2.15 bits per heavy atom. The number of anilines is 1. The molecule has 1 aliphatic heterocycles. The number of hydrogen-bond donors (Lipinski definition) is 1. The summed E-state index contributed by atoms with van der Waals surface area (Å²) in [5.74, 6) is -0.103. The van der Waals surface area contributed by atoms with Crippen molar-refractivity contribution >= 4 is 44.3 Å². The van der Waals surface area contributed by atoms with Gasteiger partial charge in [-0.15, -0.1) is 22.7 Å². The van der Waals surface area contributed by atoms with Crippen LogP contribution in [-0.2, 0) is 16.4 Å². The summed E-state index contributed by atoms with van der Waals surface area (Å²) in [4.78, 5) is 20.8. The van der Waals surface area contributed by atoms with Crippen LogP contribution < -0.4 is 9.62 Å². The molecule has 0 unspecified atom stereocenters. The van der Waals surface area contributed by atoms with Gasteiger partial charge in [0.1, 0.15) is 9.88 Å². The Kier molecular flexibility index (Phi) is 4.39. The average molecular weight is 406 g/mol. The SMILES string of the molecule is CNS(=O)(=O)c1ccc2c(c1)CCN2C(=O)c1cnc(-c2cccs2)s1. The summed E-state index contributed by atoms with van der Waals surface area (Å²) in [5.41, 5.74) is 1.62. The van der Waals surface area contributed by atoms with Crippen molar-refractivity contribution < 1.29 is 13.2 Å². The minimum Gasteiger partial charge on any atom is -0.307 e. The Bertz CT molecular complexity index is 1070. The number of benzene rings is 1. The number of hydrogen-bond acceptors (Lipinski definition) is 6. The van der Waals surface area contributed by atoms with E-state index in [0.717, 1.165) is 21.1 Å². The van der Waals surface area contributed by atoms with Crippen molar-refractivity contribution in [1.29, 1.82) is 0 Å². The van der Waals surface area contributed by atoms with Gasteiger partial charge in [-0.1, -0.05) is 6.07 Å². The summed E-state index contributed by atoms with van der Waals surface area (Å²) in [6, 6.07) is 8.80. The fourth-order valence-electron chi connectivity index (χ4n) is 2.89. The largest absolute Gasteiger partial charge is 0.307 e. The highest BCUT2D eigenvalue weighted by atomic mass is 32.2. The van der Waals surface area contributed by atoms with Gasteiger partial charge in [0.05, 0.1) is 16.0 Å². The number of carbonyl (C=O) groups is 1. The number of nitrogens with one attached hydrogen (secondary N) is 1. The summed E-state index contributed by atoms with van der Waals surface area (Å²) in [7, 11) is -2.11. The van der Waals surface area contributed by atoms with Crippen LogP contribution in [0.25, 0.3) is 9.88 Å². The number of thiazole rings is 1. The molecule has 3 aromatic rings. The summed E-state index contributed by atoms with van der Waals surface area (Å²) < 4.78 is 26.2. The molecule has 1 amide bonds. The van der Waals surface area contributed by atoms with Crippen molar-refractivity contribution in [2.75, 3.05) is 18.5 Å². The maximum absolute atomic E-state index is 12.9. The highest BCUT2D eigenvalue weighted by Gasteiger charge is 2.28. The van der Waals surface area contributed by atoms with E-state index in [-0.39, 0.29) is 10.8 Å². The van der Waals surface area contributed by atoms with E-state index in [0.29, 0.717) is 17.8 Å². The number of sulfonamides is 1. The Morgan fingerprint density at radius 3 is 2.88 bits per heavy atom. The number of nitrogens with zero attached hydrogens (tertiary/aromatic N) is 2. The van der Waals surface area contributed by atoms with Gasteiger partial charge >= 0.3 is 0 Å². The highest BCUT2D eigenvalue weighted by Crippen LogP contribution is 2.34. The third-order valence-corrected chi connectivity index (χ3v) is 7.66. The molecule has 3 heterocycles. The van der Waals surface area contributed by atoms with Gasteiger partial charge in [-0.2, -0.15) is 0 Å². The van der Waals surface area contributed by atoms with Crippen molar-refractivity contribution in [1.82, 2.24) is 9.71 Å². The third kappa shape index (κ3) is 2.96. The summed E-state index contributed by atoms with van der Waals surface area (Å²) in [5, 5.41) is 2.81. The van der Waals surface area contributed by atoms with Crippen molar-refractivity contribution in [2.45, 2.75) is 11.3 Å². The van der Waals surface area contributed by atoms with Gasteiger partial charge in [0.25, 0.3) is 5.91 Å². The number of carbonyl (C=O) groups excluding carboxylic acids is 1. The average Bonchev–Trinajstić information content (AvgIpc) is 3.39. The lowest BCUT2D eigenvalue weighted by Gasteiger charge is -2.16. The summed E-state index contributed by atoms with van der Waals surface area (Å²) >= 11 is 2.96. The molecule has 1 aliphatic rings. The van der Waals surface area contributed by atoms with E-state index in [9.17, 15) is 13.2 Å². The van der Waals surface area contributed by atoms with Gasteiger partial charge in [0.2, 0.25) is 10.0 Å².